The number of ketones is 1. The van der Waals surface area contributed by atoms with Crippen molar-refractivity contribution in [2.24, 2.45) is 0 Å². The molecule has 0 saturated carbocycles. The maximum Gasteiger partial charge on any atom is 0.253 e. The molecule has 0 unspecified atom stereocenters. The van der Waals surface area contributed by atoms with Gasteiger partial charge in [0.15, 0.2) is 5.78 Å². The first-order chi connectivity index (χ1) is 9.11. The second-order valence-electron chi connectivity index (χ2n) is 4.17. The molecule has 5 nitrogen and oxygen atoms in total. The zero-order valence-corrected chi connectivity index (χ0v) is 10.8. The summed E-state index contributed by atoms with van der Waals surface area (Å²) in [6, 6.07) is 6.65. The van der Waals surface area contributed by atoms with E-state index < -0.39 is 0 Å². The lowest BCUT2D eigenvalue weighted by Gasteiger charge is -2.09. The minimum atomic E-state index is -0.255. The van der Waals surface area contributed by atoms with Gasteiger partial charge in [-0.3, -0.25) is 14.2 Å². The van der Waals surface area contributed by atoms with Crippen molar-refractivity contribution in [1.29, 1.82) is 0 Å². The number of methoxy groups -OCH3 is 1. The zero-order chi connectivity index (χ0) is 13.8. The van der Waals surface area contributed by atoms with Gasteiger partial charge in [0.25, 0.3) is 5.56 Å². The molecule has 0 saturated heterocycles. The van der Waals surface area contributed by atoms with Crippen LogP contribution in [0.1, 0.15) is 15.9 Å². The molecule has 0 radical (unpaired) electrons. The quantitative estimate of drug-likeness (QED) is 0.779. The summed E-state index contributed by atoms with van der Waals surface area (Å²) in [6.45, 7) is 1.87. The summed E-state index contributed by atoms with van der Waals surface area (Å²) >= 11 is 0. The Hall–Kier alpha value is -2.43. The number of benzene rings is 1. The van der Waals surface area contributed by atoms with E-state index in [0.717, 1.165) is 5.56 Å². The number of Topliss-reactive ketones (excluding diaryl/α,β-unsaturated/α-hetero) is 1. The van der Waals surface area contributed by atoms with Crippen molar-refractivity contribution in [3.05, 3.63) is 58.3 Å². The normalized spacial score (nSPS) is 10.2. The van der Waals surface area contributed by atoms with Crippen LogP contribution in [0, 0.1) is 6.92 Å². The Morgan fingerprint density at radius 1 is 1.37 bits per heavy atom. The first kappa shape index (κ1) is 13.0. The lowest BCUT2D eigenvalue weighted by molar-refractivity contribution is 0.0967. The number of carbonyl (C=O) groups excluding carboxylic acids is 1. The Morgan fingerprint density at radius 3 is 2.84 bits per heavy atom. The van der Waals surface area contributed by atoms with Gasteiger partial charge in [0, 0.05) is 12.3 Å². The van der Waals surface area contributed by atoms with Gasteiger partial charge in [-0.25, -0.2) is 4.98 Å². The summed E-state index contributed by atoms with van der Waals surface area (Å²) in [5.41, 5.74) is 1.21. The monoisotopic (exact) mass is 258 g/mol. The summed E-state index contributed by atoms with van der Waals surface area (Å²) in [6.07, 6.45) is 2.75. The average molecular weight is 258 g/mol. The van der Waals surface area contributed by atoms with E-state index in [1.807, 2.05) is 13.0 Å². The minimum Gasteiger partial charge on any atom is -0.496 e. The van der Waals surface area contributed by atoms with Crippen LogP contribution in [0.4, 0.5) is 0 Å². The molecule has 2 rings (SSSR count). The van der Waals surface area contributed by atoms with Crippen molar-refractivity contribution in [3.8, 4) is 5.75 Å². The highest BCUT2D eigenvalue weighted by Gasteiger charge is 2.13. The smallest absolute Gasteiger partial charge is 0.253 e. The van der Waals surface area contributed by atoms with Crippen LogP contribution in [0.5, 0.6) is 5.75 Å². The molecule has 0 fully saturated rings. The van der Waals surface area contributed by atoms with Gasteiger partial charge >= 0.3 is 0 Å². The molecule has 1 aromatic heterocycles. The number of hydrogen-bond donors (Lipinski definition) is 0. The van der Waals surface area contributed by atoms with E-state index in [4.69, 9.17) is 4.74 Å². The molecule has 0 aliphatic heterocycles. The zero-order valence-electron chi connectivity index (χ0n) is 10.8. The van der Waals surface area contributed by atoms with Crippen LogP contribution in [-0.2, 0) is 6.54 Å². The summed E-state index contributed by atoms with van der Waals surface area (Å²) in [7, 11) is 1.52. The molecule has 1 aromatic carbocycles. The van der Waals surface area contributed by atoms with Crippen molar-refractivity contribution in [2.45, 2.75) is 13.5 Å². The molecule has 19 heavy (non-hydrogen) atoms. The van der Waals surface area contributed by atoms with Crippen LogP contribution >= 0.6 is 0 Å². The third kappa shape index (κ3) is 2.88. The highest BCUT2D eigenvalue weighted by Crippen LogP contribution is 2.20. The number of carbonyl (C=O) groups is 1. The molecule has 0 amide bonds. The van der Waals surface area contributed by atoms with Crippen LogP contribution in [0.15, 0.2) is 41.6 Å². The molecule has 0 aliphatic rings. The Kier molecular flexibility index (Phi) is 3.75. The third-order valence-corrected chi connectivity index (χ3v) is 2.76. The number of nitrogens with zero attached hydrogens (tertiary/aromatic N) is 2. The number of ether oxygens (including phenoxy) is 1. The van der Waals surface area contributed by atoms with Crippen LogP contribution in [0.3, 0.4) is 0 Å². The fourth-order valence-electron chi connectivity index (χ4n) is 1.77. The molecule has 2 aromatic rings. The maximum absolute atomic E-state index is 12.2. The Labute approximate surface area is 110 Å². The Morgan fingerprint density at radius 2 is 2.16 bits per heavy atom. The van der Waals surface area contributed by atoms with E-state index in [-0.39, 0.29) is 17.9 Å². The average Bonchev–Trinajstić information content (AvgIpc) is 2.41. The second-order valence-corrected chi connectivity index (χ2v) is 4.17. The molecular formula is C14H14N2O3. The molecule has 0 spiro atoms. The van der Waals surface area contributed by atoms with E-state index in [1.165, 1.54) is 30.3 Å². The van der Waals surface area contributed by atoms with Crippen molar-refractivity contribution >= 4 is 5.78 Å². The van der Waals surface area contributed by atoms with E-state index >= 15 is 0 Å². The first-order valence-corrected chi connectivity index (χ1v) is 5.80. The second kappa shape index (κ2) is 5.48. The molecule has 98 valence electrons. The topological polar surface area (TPSA) is 61.2 Å². The molecule has 0 atom stereocenters. The summed E-state index contributed by atoms with van der Waals surface area (Å²) in [5.74, 6) is 0.328. The number of rotatable bonds is 4. The van der Waals surface area contributed by atoms with Crippen LogP contribution < -0.4 is 10.3 Å². The van der Waals surface area contributed by atoms with Crippen molar-refractivity contribution in [1.82, 2.24) is 9.55 Å². The predicted molar refractivity (Wildman–Crippen MR) is 70.6 cm³/mol. The van der Waals surface area contributed by atoms with E-state index in [2.05, 4.69) is 4.98 Å². The third-order valence-electron chi connectivity index (χ3n) is 2.76. The highest BCUT2D eigenvalue weighted by molar-refractivity contribution is 5.98. The minimum absolute atomic E-state index is 0.0495. The van der Waals surface area contributed by atoms with E-state index in [1.54, 1.807) is 12.1 Å². The fourth-order valence-corrected chi connectivity index (χ4v) is 1.77. The molecule has 1 heterocycles. The number of aryl methyl sites for hydroxylation is 1. The molecule has 0 bridgehead atoms. The largest absolute Gasteiger partial charge is 0.496 e. The lowest BCUT2D eigenvalue weighted by Crippen LogP contribution is -2.23. The van der Waals surface area contributed by atoms with Crippen molar-refractivity contribution < 1.29 is 9.53 Å². The van der Waals surface area contributed by atoms with Gasteiger partial charge in [0.05, 0.1) is 25.5 Å². The van der Waals surface area contributed by atoms with Crippen LogP contribution in [0.2, 0.25) is 0 Å². The summed E-state index contributed by atoms with van der Waals surface area (Å²) in [4.78, 5) is 27.6. The van der Waals surface area contributed by atoms with Gasteiger partial charge in [0.1, 0.15) is 5.75 Å². The summed E-state index contributed by atoms with van der Waals surface area (Å²) < 4.78 is 6.46. The maximum atomic E-state index is 12.2. The number of hydrogen-bond acceptors (Lipinski definition) is 4. The van der Waals surface area contributed by atoms with Gasteiger partial charge in [-0.05, 0) is 24.6 Å². The molecule has 5 heteroatoms. The molecular weight excluding hydrogens is 244 g/mol. The van der Waals surface area contributed by atoms with Crippen LogP contribution in [0.25, 0.3) is 0 Å². The van der Waals surface area contributed by atoms with Gasteiger partial charge in [-0.1, -0.05) is 6.07 Å². The molecule has 0 aliphatic carbocycles. The Bertz CT molecular complexity index is 662. The SMILES string of the molecule is COc1cc(C)ccc1C(=O)Cn1cnccc1=O. The lowest BCUT2D eigenvalue weighted by atomic mass is 10.1. The van der Waals surface area contributed by atoms with Crippen LogP contribution in [-0.4, -0.2) is 22.4 Å². The van der Waals surface area contributed by atoms with Gasteiger partial charge < -0.3 is 4.74 Å². The van der Waals surface area contributed by atoms with E-state index in [0.29, 0.717) is 11.3 Å². The van der Waals surface area contributed by atoms with Crippen molar-refractivity contribution in [3.63, 3.8) is 0 Å². The predicted octanol–water partition coefficient (Wildman–Crippen LogP) is 1.44. The Balaban J connectivity index is 2.31. The number of aromatic nitrogens is 2. The molecule has 0 N–H and O–H groups in total. The van der Waals surface area contributed by atoms with Gasteiger partial charge in [-0.2, -0.15) is 0 Å². The van der Waals surface area contributed by atoms with Crippen molar-refractivity contribution in [2.75, 3.05) is 7.11 Å². The van der Waals surface area contributed by atoms with E-state index in [9.17, 15) is 9.59 Å². The fraction of sp³-hybridized carbons (Fsp3) is 0.214. The van der Waals surface area contributed by atoms with Gasteiger partial charge in [0.2, 0.25) is 0 Å². The summed E-state index contributed by atoms with van der Waals surface area (Å²) in [5, 5.41) is 0. The van der Waals surface area contributed by atoms with Gasteiger partial charge in [-0.15, -0.1) is 0 Å². The first-order valence-electron chi connectivity index (χ1n) is 5.80. The standard InChI is InChI=1S/C14H14N2O3/c1-10-3-4-11(13(7-10)19-2)12(17)8-16-9-15-6-5-14(16)18/h3-7,9H,8H2,1-2H3. The highest BCUT2D eigenvalue weighted by atomic mass is 16.5.